The lowest BCUT2D eigenvalue weighted by Crippen LogP contribution is -2.41. The van der Waals surface area contributed by atoms with Gasteiger partial charge < -0.3 is 25.6 Å². The molecule has 1 aliphatic heterocycles. The molecule has 204 valence electrons. The number of rotatable bonds is 6. The molecule has 0 radical (unpaired) electrons. The summed E-state index contributed by atoms with van der Waals surface area (Å²) in [5, 5.41) is 29.3. The first-order valence-electron chi connectivity index (χ1n) is 12.8. The number of carbonyl (C=O) groups is 4. The van der Waals surface area contributed by atoms with Gasteiger partial charge in [0.1, 0.15) is 34.0 Å². The van der Waals surface area contributed by atoms with Crippen LogP contribution in [0.1, 0.15) is 48.7 Å². The average Bonchev–Trinajstić information content (AvgIpc) is 3.20. The van der Waals surface area contributed by atoms with Gasteiger partial charge in [-0.15, -0.1) is 0 Å². The van der Waals surface area contributed by atoms with E-state index in [1.54, 1.807) is 6.92 Å². The topological polar surface area (TPSA) is 142 Å². The van der Waals surface area contributed by atoms with Crippen molar-refractivity contribution >= 4 is 39.7 Å². The minimum atomic E-state index is -1.60. The van der Waals surface area contributed by atoms with Gasteiger partial charge >= 0.3 is 0 Å². The predicted molar refractivity (Wildman–Crippen MR) is 148 cm³/mol. The molecular weight excluding hydrogens is 512 g/mol. The number of phenolic OH excluding ortho intramolecular Hbond substituents is 2. The van der Waals surface area contributed by atoms with Crippen molar-refractivity contribution in [2.75, 3.05) is 11.9 Å². The normalized spacial score (nSPS) is 18.9. The highest BCUT2D eigenvalue weighted by molar-refractivity contribution is 6.31. The second-order valence-corrected chi connectivity index (χ2v) is 10.2. The van der Waals surface area contributed by atoms with Gasteiger partial charge in [-0.05, 0) is 50.6 Å². The van der Waals surface area contributed by atoms with E-state index in [4.69, 9.17) is 4.74 Å². The second-order valence-electron chi connectivity index (χ2n) is 10.2. The van der Waals surface area contributed by atoms with Gasteiger partial charge in [0.2, 0.25) is 5.91 Å². The summed E-state index contributed by atoms with van der Waals surface area (Å²) in [5.41, 5.74) is -0.934. The quantitative estimate of drug-likeness (QED) is 0.206. The van der Waals surface area contributed by atoms with E-state index in [0.29, 0.717) is 5.69 Å². The molecule has 9 heteroatoms. The van der Waals surface area contributed by atoms with E-state index in [2.05, 4.69) is 10.6 Å². The second kappa shape index (κ2) is 9.68. The largest absolute Gasteiger partial charge is 0.507 e. The van der Waals surface area contributed by atoms with Crippen molar-refractivity contribution in [3.05, 3.63) is 82.3 Å². The van der Waals surface area contributed by atoms with Crippen LogP contribution < -0.4 is 15.4 Å². The van der Waals surface area contributed by atoms with Gasteiger partial charge in [-0.1, -0.05) is 30.3 Å². The number of amides is 1. The van der Waals surface area contributed by atoms with E-state index in [9.17, 15) is 29.4 Å². The molecule has 0 saturated carbocycles. The summed E-state index contributed by atoms with van der Waals surface area (Å²) in [6.45, 7) is 5.88. The van der Waals surface area contributed by atoms with Crippen molar-refractivity contribution in [3.8, 4) is 17.2 Å². The maximum absolute atomic E-state index is 13.8. The molecule has 3 aromatic rings. The van der Waals surface area contributed by atoms with Gasteiger partial charge in [0.05, 0.1) is 11.1 Å². The standard InChI is InChI=1S/C31H28N2O7/c1-15-27(37)25(17(3)34)29-26(28(15)38)31(4)22(40-29)14-21(35)24(30(31)39)16(2)32-12-11-23(36)33-20-10-9-18-7-5-6-8-19(18)13-20/h5-10,13-14,32,37-38H,11-12H2,1-4H3,(H,33,36)/b24-16+/t31-/m1/s1. The molecule has 0 saturated heterocycles. The zero-order chi connectivity index (χ0) is 28.9. The summed E-state index contributed by atoms with van der Waals surface area (Å²) in [6, 6.07) is 13.4. The number of aromatic hydroxyl groups is 2. The molecule has 0 bridgehead atoms. The Bertz CT molecular complexity index is 1720. The Balaban J connectivity index is 1.37. The summed E-state index contributed by atoms with van der Waals surface area (Å²) in [4.78, 5) is 51.7. The zero-order valence-electron chi connectivity index (χ0n) is 22.5. The Morgan fingerprint density at radius 3 is 2.40 bits per heavy atom. The lowest BCUT2D eigenvalue weighted by molar-refractivity contribution is -0.123. The van der Waals surface area contributed by atoms with Crippen LogP contribution in [-0.2, 0) is 19.8 Å². The summed E-state index contributed by atoms with van der Waals surface area (Å²) in [7, 11) is 0. The Hall–Kier alpha value is -4.92. The predicted octanol–water partition coefficient (Wildman–Crippen LogP) is 4.34. The van der Waals surface area contributed by atoms with E-state index in [1.165, 1.54) is 20.8 Å². The lowest BCUT2D eigenvalue weighted by Gasteiger charge is -2.29. The molecule has 3 aromatic carbocycles. The Morgan fingerprint density at radius 2 is 1.70 bits per heavy atom. The third kappa shape index (κ3) is 4.10. The Kier molecular flexibility index (Phi) is 6.45. The number of ether oxygens (including phenoxy) is 1. The monoisotopic (exact) mass is 540 g/mol. The fourth-order valence-corrected chi connectivity index (χ4v) is 5.30. The molecule has 1 heterocycles. The molecule has 0 fully saturated rings. The van der Waals surface area contributed by atoms with Crippen molar-refractivity contribution in [2.45, 2.75) is 39.5 Å². The molecule has 0 aromatic heterocycles. The SMILES string of the molecule is CC(=O)c1c(O)c(C)c(O)c2c1OC1=CC(=O)/C(=C(/C)NCCC(=O)Nc3ccc4ccccc4c3)C(=O)[C@]12C. The van der Waals surface area contributed by atoms with Crippen LogP contribution >= 0.6 is 0 Å². The number of fused-ring (bicyclic) bond motifs is 4. The molecule has 2 aliphatic rings. The smallest absolute Gasteiger partial charge is 0.226 e. The molecule has 9 nitrogen and oxygen atoms in total. The number of nitrogens with one attached hydrogen (secondary N) is 2. The molecule has 1 atom stereocenters. The van der Waals surface area contributed by atoms with Crippen molar-refractivity contribution in [1.29, 1.82) is 0 Å². The van der Waals surface area contributed by atoms with E-state index in [-0.39, 0.29) is 64.1 Å². The van der Waals surface area contributed by atoms with Gasteiger partial charge in [-0.2, -0.15) is 0 Å². The molecule has 1 aliphatic carbocycles. The molecule has 5 rings (SSSR count). The number of Topliss-reactive ketones (excluding diaryl/α,β-unsaturated/α-hetero) is 2. The molecule has 1 amide bonds. The fraction of sp³-hybridized carbons (Fsp3) is 0.226. The van der Waals surface area contributed by atoms with Gasteiger partial charge in [0.15, 0.2) is 17.3 Å². The molecule has 0 unspecified atom stereocenters. The van der Waals surface area contributed by atoms with Crippen LogP contribution in [0, 0.1) is 6.92 Å². The Labute approximate surface area is 230 Å². The maximum Gasteiger partial charge on any atom is 0.226 e. The lowest BCUT2D eigenvalue weighted by atomic mass is 9.70. The maximum atomic E-state index is 13.8. The number of carbonyl (C=O) groups excluding carboxylic acids is 4. The average molecular weight is 541 g/mol. The van der Waals surface area contributed by atoms with E-state index < -0.39 is 28.5 Å². The highest BCUT2D eigenvalue weighted by atomic mass is 16.5. The first-order valence-corrected chi connectivity index (χ1v) is 12.8. The number of phenols is 2. The van der Waals surface area contributed by atoms with Gasteiger partial charge in [-0.25, -0.2) is 0 Å². The number of hydrogen-bond donors (Lipinski definition) is 4. The molecule has 0 spiro atoms. The van der Waals surface area contributed by atoms with Gasteiger partial charge in [0, 0.05) is 36.0 Å². The molecule has 40 heavy (non-hydrogen) atoms. The van der Waals surface area contributed by atoms with Crippen molar-refractivity contribution in [1.82, 2.24) is 5.32 Å². The first kappa shape index (κ1) is 26.7. The van der Waals surface area contributed by atoms with Crippen LogP contribution in [0.25, 0.3) is 10.8 Å². The van der Waals surface area contributed by atoms with E-state index in [0.717, 1.165) is 16.8 Å². The number of anilines is 1. The van der Waals surface area contributed by atoms with E-state index >= 15 is 0 Å². The van der Waals surface area contributed by atoms with Crippen LogP contribution in [0.3, 0.4) is 0 Å². The number of allylic oxidation sites excluding steroid dienone is 4. The number of hydrogen-bond acceptors (Lipinski definition) is 8. The molecular formula is C31H28N2O7. The fourth-order valence-electron chi connectivity index (χ4n) is 5.30. The first-order chi connectivity index (χ1) is 18.9. The van der Waals surface area contributed by atoms with E-state index in [1.807, 2.05) is 42.5 Å². The van der Waals surface area contributed by atoms with Crippen molar-refractivity contribution in [3.63, 3.8) is 0 Å². The van der Waals surface area contributed by atoms with Crippen LogP contribution in [0.15, 0.2) is 65.6 Å². The minimum absolute atomic E-state index is 0.0248. The van der Waals surface area contributed by atoms with Crippen molar-refractivity contribution in [2.24, 2.45) is 0 Å². The van der Waals surface area contributed by atoms with Crippen LogP contribution in [0.2, 0.25) is 0 Å². The number of ketones is 3. The summed E-state index contributed by atoms with van der Waals surface area (Å²) >= 11 is 0. The zero-order valence-corrected chi connectivity index (χ0v) is 22.5. The molecule has 4 N–H and O–H groups in total. The third-order valence-corrected chi connectivity index (χ3v) is 7.54. The van der Waals surface area contributed by atoms with Crippen LogP contribution in [0.4, 0.5) is 5.69 Å². The highest BCUT2D eigenvalue weighted by Gasteiger charge is 2.56. The van der Waals surface area contributed by atoms with Crippen LogP contribution in [0.5, 0.6) is 17.2 Å². The minimum Gasteiger partial charge on any atom is -0.507 e. The van der Waals surface area contributed by atoms with Gasteiger partial charge in [-0.3, -0.25) is 19.2 Å². The summed E-state index contributed by atoms with van der Waals surface area (Å²) < 4.78 is 5.77. The number of benzene rings is 3. The van der Waals surface area contributed by atoms with Crippen LogP contribution in [-0.4, -0.2) is 40.0 Å². The summed E-state index contributed by atoms with van der Waals surface area (Å²) in [5.74, 6) is -3.01. The highest BCUT2D eigenvalue weighted by Crippen LogP contribution is 2.57. The van der Waals surface area contributed by atoms with Crippen molar-refractivity contribution < 1.29 is 34.1 Å². The third-order valence-electron chi connectivity index (χ3n) is 7.54. The Morgan fingerprint density at radius 1 is 1.00 bits per heavy atom. The van der Waals surface area contributed by atoms with Gasteiger partial charge in [0.25, 0.3) is 0 Å². The summed E-state index contributed by atoms with van der Waals surface area (Å²) in [6.07, 6.45) is 1.23.